The summed E-state index contributed by atoms with van der Waals surface area (Å²) in [6, 6.07) is 13.2. The van der Waals surface area contributed by atoms with Crippen molar-refractivity contribution >= 4 is 35.1 Å². The first kappa shape index (κ1) is 16.8. The van der Waals surface area contributed by atoms with Crippen LogP contribution in [0.25, 0.3) is 6.08 Å². The predicted octanol–water partition coefficient (Wildman–Crippen LogP) is 4.65. The zero-order valence-corrected chi connectivity index (χ0v) is 15.1. The summed E-state index contributed by atoms with van der Waals surface area (Å²) in [5, 5.41) is 0.997. The third-order valence-electron chi connectivity index (χ3n) is 4.73. The lowest BCUT2D eigenvalue weighted by atomic mass is 10.0. The Hall–Kier alpha value is -1.65. The zero-order chi connectivity index (χ0) is 17.4. The van der Waals surface area contributed by atoms with Crippen molar-refractivity contribution in [3.8, 4) is 0 Å². The van der Waals surface area contributed by atoms with Gasteiger partial charge in [-0.25, -0.2) is 0 Å². The number of ketones is 1. The Morgan fingerprint density at radius 2 is 1.80 bits per heavy atom. The van der Waals surface area contributed by atoms with Gasteiger partial charge in [0, 0.05) is 24.2 Å². The molecule has 128 valence electrons. The van der Waals surface area contributed by atoms with Crippen molar-refractivity contribution in [3.05, 3.63) is 74.8 Å². The first-order chi connectivity index (χ1) is 12.1. The number of rotatable bonds is 2. The fraction of sp³-hybridized carbons (Fsp3) is 0.250. The number of Topliss-reactive ketones (excluding diaryl/α,β-unsaturated/α-hetero) is 1. The van der Waals surface area contributed by atoms with Gasteiger partial charge in [-0.05, 0) is 29.3 Å². The lowest BCUT2D eigenvalue weighted by Gasteiger charge is -2.33. The number of nitrogens with zero attached hydrogens (tertiary/aromatic N) is 1. The average molecular weight is 374 g/mol. The molecule has 4 rings (SSSR count). The van der Waals surface area contributed by atoms with Crippen LogP contribution in [0.4, 0.5) is 0 Å². The second kappa shape index (κ2) is 6.93. The van der Waals surface area contributed by atoms with Crippen LogP contribution >= 0.6 is 23.2 Å². The standard InChI is InChI=1S/C20H17Cl2NO2/c21-17-6-5-13(12-18(17)22)11-16-19(23-7-9-25-10-8-23)14-3-1-2-4-15(14)20(16)24/h1-6,11-12,19H,7-10H2. The Morgan fingerprint density at radius 3 is 2.56 bits per heavy atom. The molecule has 1 fully saturated rings. The van der Waals surface area contributed by atoms with Crippen LogP contribution < -0.4 is 0 Å². The summed E-state index contributed by atoms with van der Waals surface area (Å²) < 4.78 is 5.48. The van der Waals surface area contributed by atoms with Gasteiger partial charge in [0.25, 0.3) is 0 Å². The average Bonchev–Trinajstić information content (AvgIpc) is 2.91. The van der Waals surface area contributed by atoms with E-state index in [-0.39, 0.29) is 11.8 Å². The molecule has 1 heterocycles. The fourth-order valence-electron chi connectivity index (χ4n) is 3.54. The van der Waals surface area contributed by atoms with Crippen LogP contribution in [0.1, 0.15) is 27.5 Å². The van der Waals surface area contributed by atoms with Crippen molar-refractivity contribution in [2.24, 2.45) is 0 Å². The number of hydrogen-bond donors (Lipinski definition) is 0. The molecular formula is C20H17Cl2NO2. The van der Waals surface area contributed by atoms with Crippen LogP contribution in [0.5, 0.6) is 0 Å². The predicted molar refractivity (Wildman–Crippen MR) is 100 cm³/mol. The molecule has 0 N–H and O–H groups in total. The first-order valence-corrected chi connectivity index (χ1v) is 9.03. The first-order valence-electron chi connectivity index (χ1n) is 8.27. The molecule has 2 aliphatic rings. The van der Waals surface area contributed by atoms with Crippen molar-refractivity contribution in [1.82, 2.24) is 4.90 Å². The largest absolute Gasteiger partial charge is 0.379 e. The number of halogens is 2. The molecule has 1 unspecified atom stereocenters. The molecule has 0 saturated carbocycles. The van der Waals surface area contributed by atoms with Crippen molar-refractivity contribution < 1.29 is 9.53 Å². The number of fused-ring (bicyclic) bond motifs is 1. The van der Waals surface area contributed by atoms with E-state index in [4.69, 9.17) is 27.9 Å². The van der Waals surface area contributed by atoms with Crippen LogP contribution in [0.2, 0.25) is 10.0 Å². The van der Waals surface area contributed by atoms with E-state index in [2.05, 4.69) is 4.90 Å². The van der Waals surface area contributed by atoms with Crippen LogP contribution in [-0.4, -0.2) is 37.0 Å². The second-order valence-electron chi connectivity index (χ2n) is 6.24. The molecule has 25 heavy (non-hydrogen) atoms. The maximum atomic E-state index is 13.0. The molecule has 1 saturated heterocycles. The lowest BCUT2D eigenvalue weighted by Crippen LogP contribution is -2.39. The Balaban J connectivity index is 1.80. The minimum atomic E-state index is -0.0398. The van der Waals surface area contributed by atoms with Gasteiger partial charge in [0.15, 0.2) is 5.78 Å². The molecule has 2 aromatic carbocycles. The molecule has 5 heteroatoms. The van der Waals surface area contributed by atoms with Gasteiger partial charge in [-0.15, -0.1) is 0 Å². The quantitative estimate of drug-likeness (QED) is 0.717. The third-order valence-corrected chi connectivity index (χ3v) is 5.47. The topological polar surface area (TPSA) is 29.5 Å². The summed E-state index contributed by atoms with van der Waals surface area (Å²) >= 11 is 12.1. The van der Waals surface area contributed by atoms with E-state index in [9.17, 15) is 4.79 Å². The minimum Gasteiger partial charge on any atom is -0.379 e. The molecule has 3 nitrogen and oxygen atoms in total. The van der Waals surface area contributed by atoms with Crippen LogP contribution in [0, 0.1) is 0 Å². The van der Waals surface area contributed by atoms with Gasteiger partial charge < -0.3 is 4.74 Å². The number of benzene rings is 2. The summed E-state index contributed by atoms with van der Waals surface area (Å²) in [7, 11) is 0. The van der Waals surface area contributed by atoms with Crippen molar-refractivity contribution in [2.45, 2.75) is 6.04 Å². The van der Waals surface area contributed by atoms with E-state index in [1.807, 2.05) is 36.4 Å². The van der Waals surface area contributed by atoms with Gasteiger partial charge in [-0.1, -0.05) is 53.5 Å². The van der Waals surface area contributed by atoms with Crippen molar-refractivity contribution in [3.63, 3.8) is 0 Å². The third kappa shape index (κ3) is 3.13. The van der Waals surface area contributed by atoms with E-state index in [0.29, 0.717) is 23.3 Å². The van der Waals surface area contributed by atoms with Gasteiger partial charge in [-0.2, -0.15) is 0 Å². The number of morpholine rings is 1. The number of hydrogen-bond acceptors (Lipinski definition) is 3. The minimum absolute atomic E-state index is 0.0398. The number of ether oxygens (including phenoxy) is 1. The molecule has 0 bridgehead atoms. The van der Waals surface area contributed by atoms with Gasteiger partial charge in [-0.3, -0.25) is 9.69 Å². The highest BCUT2D eigenvalue weighted by Gasteiger charge is 2.38. The summed E-state index contributed by atoms with van der Waals surface area (Å²) in [4.78, 5) is 15.3. The summed E-state index contributed by atoms with van der Waals surface area (Å²) in [5.74, 6) is 0.0816. The van der Waals surface area contributed by atoms with Crippen LogP contribution in [0.3, 0.4) is 0 Å². The summed E-state index contributed by atoms with van der Waals surface area (Å²) in [6.07, 6.45) is 1.94. The smallest absolute Gasteiger partial charge is 0.191 e. The SMILES string of the molecule is O=C1C(=Cc2ccc(Cl)c(Cl)c2)C(N2CCOCC2)c2ccccc21. The van der Waals surface area contributed by atoms with Crippen LogP contribution in [0.15, 0.2) is 48.0 Å². The maximum Gasteiger partial charge on any atom is 0.191 e. The number of carbonyl (C=O) groups is 1. The Morgan fingerprint density at radius 1 is 1.04 bits per heavy atom. The molecule has 1 aliphatic heterocycles. The van der Waals surface area contributed by atoms with E-state index in [1.54, 1.807) is 12.1 Å². The summed E-state index contributed by atoms with van der Waals surface area (Å²) in [5.41, 5.74) is 3.51. The monoisotopic (exact) mass is 373 g/mol. The Kier molecular flexibility index (Phi) is 4.65. The molecule has 2 aromatic rings. The molecule has 0 amide bonds. The molecule has 0 radical (unpaired) electrons. The zero-order valence-electron chi connectivity index (χ0n) is 13.5. The summed E-state index contributed by atoms with van der Waals surface area (Å²) in [6.45, 7) is 3.00. The fourth-order valence-corrected chi connectivity index (χ4v) is 3.85. The van der Waals surface area contributed by atoms with Gasteiger partial charge in [0.05, 0.1) is 29.3 Å². The van der Waals surface area contributed by atoms with Crippen molar-refractivity contribution in [2.75, 3.05) is 26.3 Å². The lowest BCUT2D eigenvalue weighted by molar-refractivity contribution is 0.0242. The van der Waals surface area contributed by atoms with E-state index < -0.39 is 0 Å². The molecule has 0 spiro atoms. The van der Waals surface area contributed by atoms with Crippen LogP contribution in [-0.2, 0) is 4.74 Å². The van der Waals surface area contributed by atoms with Crippen molar-refractivity contribution in [1.29, 1.82) is 0 Å². The molecule has 0 aromatic heterocycles. The molecular weight excluding hydrogens is 357 g/mol. The highest BCUT2D eigenvalue weighted by Crippen LogP contribution is 2.41. The van der Waals surface area contributed by atoms with E-state index >= 15 is 0 Å². The Labute approximate surface area is 156 Å². The van der Waals surface area contributed by atoms with Gasteiger partial charge in [0.2, 0.25) is 0 Å². The number of carbonyl (C=O) groups excluding carboxylic acids is 1. The van der Waals surface area contributed by atoms with Gasteiger partial charge in [0.1, 0.15) is 0 Å². The second-order valence-corrected chi connectivity index (χ2v) is 7.05. The maximum absolute atomic E-state index is 13.0. The van der Waals surface area contributed by atoms with Gasteiger partial charge >= 0.3 is 0 Å². The normalized spacial score (nSPS) is 22.4. The van der Waals surface area contributed by atoms with E-state index in [0.717, 1.165) is 35.4 Å². The molecule has 1 atom stereocenters. The molecule has 1 aliphatic carbocycles. The van der Waals surface area contributed by atoms with E-state index in [1.165, 1.54) is 0 Å². The highest BCUT2D eigenvalue weighted by molar-refractivity contribution is 6.42. The Bertz CT molecular complexity index is 857. The highest BCUT2D eigenvalue weighted by atomic mass is 35.5.